The molecule has 0 saturated carbocycles. The number of hydrogen-bond acceptors (Lipinski definition) is 2. The lowest BCUT2D eigenvalue weighted by Gasteiger charge is -2.23. The van der Waals surface area contributed by atoms with E-state index in [9.17, 15) is 0 Å². The SMILES string of the molecule is Cc1ccc(Oc2cc(CCl)cc(C)n2)c(C(C)(C)C)c1. The zero-order valence-electron chi connectivity index (χ0n) is 13.3. The van der Waals surface area contributed by atoms with Crippen molar-refractivity contribution in [1.29, 1.82) is 0 Å². The van der Waals surface area contributed by atoms with Gasteiger partial charge in [0.15, 0.2) is 0 Å². The first kappa shape index (κ1) is 15.8. The lowest BCUT2D eigenvalue weighted by molar-refractivity contribution is 0.438. The molecule has 2 aromatic rings. The molecule has 21 heavy (non-hydrogen) atoms. The molecular weight excluding hydrogens is 282 g/mol. The number of halogens is 1. The Bertz CT molecular complexity index is 644. The molecule has 0 N–H and O–H groups in total. The van der Waals surface area contributed by atoms with E-state index in [1.54, 1.807) is 0 Å². The Balaban J connectivity index is 2.42. The summed E-state index contributed by atoms with van der Waals surface area (Å²) in [5.41, 5.74) is 4.35. The third-order valence-corrected chi connectivity index (χ3v) is 3.61. The van der Waals surface area contributed by atoms with Gasteiger partial charge in [0.25, 0.3) is 0 Å². The highest BCUT2D eigenvalue weighted by molar-refractivity contribution is 6.17. The number of alkyl halides is 1. The quantitative estimate of drug-likeness (QED) is 0.696. The van der Waals surface area contributed by atoms with Crippen LogP contribution in [0.3, 0.4) is 0 Å². The second-order valence-corrected chi connectivity index (χ2v) is 6.71. The lowest BCUT2D eigenvalue weighted by Crippen LogP contribution is -2.13. The molecule has 0 aliphatic heterocycles. The predicted octanol–water partition coefficient (Wildman–Crippen LogP) is 5.53. The van der Waals surface area contributed by atoms with Crippen molar-refractivity contribution in [3.05, 3.63) is 52.7 Å². The molecular formula is C18H22ClNO. The van der Waals surface area contributed by atoms with Gasteiger partial charge in [0, 0.05) is 23.2 Å². The summed E-state index contributed by atoms with van der Waals surface area (Å²) in [6.07, 6.45) is 0. The van der Waals surface area contributed by atoms with E-state index in [1.165, 1.54) is 11.1 Å². The van der Waals surface area contributed by atoms with Gasteiger partial charge in [-0.1, -0.05) is 38.5 Å². The van der Waals surface area contributed by atoms with Gasteiger partial charge in [-0.05, 0) is 37.0 Å². The van der Waals surface area contributed by atoms with Crippen molar-refractivity contribution < 1.29 is 4.74 Å². The number of pyridine rings is 1. The number of rotatable bonds is 3. The largest absolute Gasteiger partial charge is 0.439 e. The number of nitrogens with zero attached hydrogens (tertiary/aromatic N) is 1. The van der Waals surface area contributed by atoms with Crippen LogP contribution in [0.15, 0.2) is 30.3 Å². The Labute approximate surface area is 132 Å². The predicted molar refractivity (Wildman–Crippen MR) is 88.5 cm³/mol. The van der Waals surface area contributed by atoms with Gasteiger partial charge in [-0.25, -0.2) is 4.98 Å². The molecule has 0 bridgehead atoms. The molecule has 0 atom stereocenters. The van der Waals surface area contributed by atoms with Gasteiger partial charge in [-0.3, -0.25) is 0 Å². The summed E-state index contributed by atoms with van der Waals surface area (Å²) < 4.78 is 6.04. The van der Waals surface area contributed by atoms with Crippen LogP contribution in [-0.2, 0) is 11.3 Å². The van der Waals surface area contributed by atoms with Gasteiger partial charge in [0.1, 0.15) is 5.75 Å². The minimum absolute atomic E-state index is 0.0144. The van der Waals surface area contributed by atoms with E-state index in [-0.39, 0.29) is 5.41 Å². The Morgan fingerprint density at radius 3 is 2.43 bits per heavy atom. The number of hydrogen-bond donors (Lipinski definition) is 0. The second kappa shape index (κ2) is 6.07. The maximum Gasteiger partial charge on any atom is 0.219 e. The standard InChI is InChI=1S/C18H22ClNO/c1-12-6-7-16(15(8-12)18(3,4)5)21-17-10-14(11-19)9-13(2)20-17/h6-10H,11H2,1-5H3. The minimum atomic E-state index is 0.0144. The van der Waals surface area contributed by atoms with Gasteiger partial charge in [0.2, 0.25) is 5.88 Å². The van der Waals surface area contributed by atoms with E-state index >= 15 is 0 Å². The minimum Gasteiger partial charge on any atom is -0.439 e. The highest BCUT2D eigenvalue weighted by Gasteiger charge is 2.20. The van der Waals surface area contributed by atoms with E-state index < -0.39 is 0 Å². The first-order valence-electron chi connectivity index (χ1n) is 7.12. The molecule has 0 saturated heterocycles. The Hall–Kier alpha value is -1.54. The summed E-state index contributed by atoms with van der Waals surface area (Å²) in [6, 6.07) is 10.1. The van der Waals surface area contributed by atoms with Crippen molar-refractivity contribution in [2.75, 3.05) is 0 Å². The van der Waals surface area contributed by atoms with Crippen LogP contribution in [0.5, 0.6) is 11.6 Å². The number of ether oxygens (including phenoxy) is 1. The summed E-state index contributed by atoms with van der Waals surface area (Å²) in [7, 11) is 0. The molecule has 0 unspecified atom stereocenters. The molecule has 1 aromatic heterocycles. The van der Waals surface area contributed by atoms with Crippen molar-refractivity contribution in [3.63, 3.8) is 0 Å². The van der Waals surface area contributed by atoms with Gasteiger partial charge < -0.3 is 4.74 Å². The van der Waals surface area contributed by atoms with Crippen molar-refractivity contribution in [2.24, 2.45) is 0 Å². The Morgan fingerprint density at radius 1 is 1.10 bits per heavy atom. The normalized spacial score (nSPS) is 11.5. The lowest BCUT2D eigenvalue weighted by atomic mass is 9.85. The fourth-order valence-corrected chi connectivity index (χ4v) is 2.42. The molecule has 1 aromatic carbocycles. The third-order valence-electron chi connectivity index (χ3n) is 3.30. The zero-order valence-corrected chi connectivity index (χ0v) is 14.1. The van der Waals surface area contributed by atoms with Crippen LogP contribution >= 0.6 is 11.6 Å². The van der Waals surface area contributed by atoms with Crippen molar-refractivity contribution in [2.45, 2.75) is 45.9 Å². The maximum absolute atomic E-state index is 6.04. The summed E-state index contributed by atoms with van der Waals surface area (Å²) >= 11 is 5.92. The van der Waals surface area contributed by atoms with E-state index in [1.807, 2.05) is 25.1 Å². The fourth-order valence-electron chi connectivity index (χ4n) is 2.27. The van der Waals surface area contributed by atoms with E-state index in [0.29, 0.717) is 11.8 Å². The van der Waals surface area contributed by atoms with Crippen LogP contribution in [0, 0.1) is 13.8 Å². The van der Waals surface area contributed by atoms with E-state index in [0.717, 1.165) is 17.0 Å². The topological polar surface area (TPSA) is 22.1 Å². The molecule has 0 aliphatic rings. The second-order valence-electron chi connectivity index (χ2n) is 6.44. The summed E-state index contributed by atoms with van der Waals surface area (Å²) in [5.74, 6) is 1.91. The molecule has 0 fully saturated rings. The van der Waals surface area contributed by atoms with Crippen LogP contribution in [0.25, 0.3) is 0 Å². The van der Waals surface area contributed by atoms with Crippen LogP contribution < -0.4 is 4.74 Å². The van der Waals surface area contributed by atoms with Gasteiger partial charge in [-0.15, -0.1) is 11.6 Å². The highest BCUT2D eigenvalue weighted by atomic mass is 35.5. The van der Waals surface area contributed by atoms with Gasteiger partial charge in [0.05, 0.1) is 0 Å². The molecule has 0 radical (unpaired) electrons. The molecule has 0 amide bonds. The number of aromatic nitrogens is 1. The van der Waals surface area contributed by atoms with Crippen molar-refractivity contribution >= 4 is 11.6 Å². The van der Waals surface area contributed by atoms with Crippen molar-refractivity contribution in [3.8, 4) is 11.6 Å². The summed E-state index contributed by atoms with van der Waals surface area (Å²) in [6.45, 7) is 10.6. The molecule has 112 valence electrons. The summed E-state index contributed by atoms with van der Waals surface area (Å²) in [5, 5.41) is 0. The average molecular weight is 304 g/mol. The molecule has 3 heteroatoms. The smallest absolute Gasteiger partial charge is 0.219 e. The Kier molecular flexibility index (Phi) is 4.58. The molecule has 1 heterocycles. The fraction of sp³-hybridized carbons (Fsp3) is 0.389. The zero-order chi connectivity index (χ0) is 15.6. The molecule has 2 rings (SSSR count). The monoisotopic (exact) mass is 303 g/mol. The first-order valence-corrected chi connectivity index (χ1v) is 7.65. The van der Waals surface area contributed by atoms with E-state index in [4.69, 9.17) is 16.3 Å². The average Bonchev–Trinajstić information content (AvgIpc) is 2.39. The molecule has 0 aliphatic carbocycles. The molecule has 0 spiro atoms. The van der Waals surface area contributed by atoms with Crippen LogP contribution in [0.2, 0.25) is 0 Å². The first-order chi connectivity index (χ1) is 9.79. The van der Waals surface area contributed by atoms with Crippen molar-refractivity contribution in [1.82, 2.24) is 4.98 Å². The van der Waals surface area contributed by atoms with Crippen LogP contribution in [0.1, 0.15) is 43.2 Å². The highest BCUT2D eigenvalue weighted by Crippen LogP contribution is 2.34. The van der Waals surface area contributed by atoms with E-state index in [2.05, 4.69) is 44.8 Å². The number of aryl methyl sites for hydroxylation is 2. The van der Waals surface area contributed by atoms with Gasteiger partial charge >= 0.3 is 0 Å². The molecule has 2 nitrogen and oxygen atoms in total. The number of benzene rings is 1. The summed E-state index contributed by atoms with van der Waals surface area (Å²) in [4.78, 5) is 4.44. The van der Waals surface area contributed by atoms with Crippen LogP contribution in [-0.4, -0.2) is 4.98 Å². The van der Waals surface area contributed by atoms with Crippen LogP contribution in [0.4, 0.5) is 0 Å². The Morgan fingerprint density at radius 2 is 1.81 bits per heavy atom. The van der Waals surface area contributed by atoms with Gasteiger partial charge in [-0.2, -0.15) is 0 Å². The maximum atomic E-state index is 6.04. The third kappa shape index (κ3) is 3.98.